The number of aryl methyl sites for hydroxylation is 1. The molecule has 1 heterocycles. The van der Waals surface area contributed by atoms with Crippen molar-refractivity contribution in [3.63, 3.8) is 0 Å². The molecule has 1 aromatic heterocycles. The van der Waals surface area contributed by atoms with Gasteiger partial charge in [-0.25, -0.2) is 0 Å². The van der Waals surface area contributed by atoms with E-state index < -0.39 is 0 Å². The van der Waals surface area contributed by atoms with Crippen LogP contribution in [-0.4, -0.2) is 35.1 Å². The smallest absolute Gasteiger partial charge is 0.230 e. The molecule has 1 atom stereocenters. The van der Waals surface area contributed by atoms with Crippen LogP contribution in [0.2, 0.25) is 5.28 Å². The van der Waals surface area contributed by atoms with Crippen LogP contribution in [-0.2, 0) is 6.42 Å². The highest BCUT2D eigenvalue weighted by molar-refractivity contribution is 6.28. The molecule has 0 aliphatic carbocycles. The molecule has 112 valence electrons. The fraction of sp³-hybridized carbons (Fsp3) is 0.400. The predicted octanol–water partition coefficient (Wildman–Crippen LogP) is 3.02. The van der Waals surface area contributed by atoms with Crippen LogP contribution in [0.1, 0.15) is 18.9 Å². The lowest BCUT2D eigenvalue weighted by atomic mass is 10.1. The van der Waals surface area contributed by atoms with Crippen molar-refractivity contribution in [3.8, 4) is 0 Å². The average Bonchev–Trinajstić information content (AvgIpc) is 2.45. The highest BCUT2D eigenvalue weighted by Gasteiger charge is 2.09. The third-order valence-electron chi connectivity index (χ3n) is 3.08. The van der Waals surface area contributed by atoms with Crippen molar-refractivity contribution >= 4 is 23.5 Å². The van der Waals surface area contributed by atoms with Crippen LogP contribution < -0.4 is 10.2 Å². The minimum atomic E-state index is 0.200. The first kappa shape index (κ1) is 15.5. The Kier molecular flexibility index (Phi) is 5.33. The summed E-state index contributed by atoms with van der Waals surface area (Å²) in [4.78, 5) is 14.3. The fourth-order valence-corrected chi connectivity index (χ4v) is 2.08. The van der Waals surface area contributed by atoms with E-state index in [1.54, 1.807) is 4.90 Å². The van der Waals surface area contributed by atoms with E-state index >= 15 is 0 Å². The van der Waals surface area contributed by atoms with Gasteiger partial charge in [0.2, 0.25) is 17.2 Å². The summed E-state index contributed by atoms with van der Waals surface area (Å²) in [5, 5.41) is 3.48. The zero-order valence-electron chi connectivity index (χ0n) is 12.5. The number of anilines is 2. The van der Waals surface area contributed by atoms with Crippen LogP contribution in [0.25, 0.3) is 0 Å². The van der Waals surface area contributed by atoms with Gasteiger partial charge >= 0.3 is 0 Å². The summed E-state index contributed by atoms with van der Waals surface area (Å²) < 4.78 is 0. The Morgan fingerprint density at radius 3 is 2.52 bits per heavy atom. The normalized spacial score (nSPS) is 12.0. The van der Waals surface area contributed by atoms with Crippen LogP contribution in [0.3, 0.4) is 0 Å². The van der Waals surface area contributed by atoms with Crippen molar-refractivity contribution in [1.29, 1.82) is 0 Å². The molecule has 0 saturated carbocycles. The first-order valence-electron chi connectivity index (χ1n) is 6.94. The van der Waals surface area contributed by atoms with E-state index in [0.29, 0.717) is 11.9 Å². The Labute approximate surface area is 130 Å². The number of nitrogens with zero attached hydrogens (tertiary/aromatic N) is 4. The molecule has 5 nitrogen and oxygen atoms in total. The molecule has 2 rings (SSSR count). The van der Waals surface area contributed by atoms with Gasteiger partial charge in [-0.15, -0.1) is 0 Å². The monoisotopic (exact) mass is 305 g/mol. The minimum Gasteiger partial charge on any atom is -0.352 e. The Morgan fingerprint density at radius 1 is 1.14 bits per heavy atom. The standard InChI is InChI=1S/C15H20ClN5/c1-11(9-10-12-7-5-4-6-8-12)17-14-18-13(16)19-15(20-14)21(2)3/h4-8,11H,9-10H2,1-3H3,(H,17,18,19,20). The van der Waals surface area contributed by atoms with Crippen molar-refractivity contribution in [2.45, 2.75) is 25.8 Å². The van der Waals surface area contributed by atoms with Gasteiger partial charge in [-0.3, -0.25) is 0 Å². The number of rotatable bonds is 6. The van der Waals surface area contributed by atoms with E-state index in [1.165, 1.54) is 5.56 Å². The summed E-state index contributed by atoms with van der Waals surface area (Å²) in [5.41, 5.74) is 1.33. The van der Waals surface area contributed by atoms with E-state index in [0.717, 1.165) is 12.8 Å². The summed E-state index contributed by atoms with van der Waals surface area (Å²) >= 11 is 5.92. The lowest BCUT2D eigenvalue weighted by Crippen LogP contribution is -2.20. The number of hydrogen-bond acceptors (Lipinski definition) is 5. The molecular weight excluding hydrogens is 286 g/mol. The average molecular weight is 306 g/mol. The van der Waals surface area contributed by atoms with Gasteiger partial charge in [0.1, 0.15) is 0 Å². The van der Waals surface area contributed by atoms with E-state index in [9.17, 15) is 0 Å². The lowest BCUT2D eigenvalue weighted by Gasteiger charge is -2.16. The number of hydrogen-bond donors (Lipinski definition) is 1. The zero-order valence-corrected chi connectivity index (χ0v) is 13.3. The molecule has 0 amide bonds. The topological polar surface area (TPSA) is 53.9 Å². The first-order valence-corrected chi connectivity index (χ1v) is 7.32. The molecule has 0 aliphatic heterocycles. The Balaban J connectivity index is 1.94. The molecule has 21 heavy (non-hydrogen) atoms. The van der Waals surface area contributed by atoms with Crippen LogP contribution in [0.4, 0.5) is 11.9 Å². The lowest BCUT2D eigenvalue weighted by molar-refractivity contribution is 0.697. The maximum absolute atomic E-state index is 5.92. The number of benzene rings is 1. The number of nitrogens with one attached hydrogen (secondary N) is 1. The Morgan fingerprint density at radius 2 is 1.86 bits per heavy atom. The molecule has 0 bridgehead atoms. The van der Waals surface area contributed by atoms with E-state index in [-0.39, 0.29) is 11.3 Å². The van der Waals surface area contributed by atoms with Gasteiger partial charge < -0.3 is 10.2 Å². The minimum absolute atomic E-state index is 0.200. The van der Waals surface area contributed by atoms with Crippen molar-refractivity contribution in [2.24, 2.45) is 0 Å². The van der Waals surface area contributed by atoms with Crippen molar-refractivity contribution in [3.05, 3.63) is 41.2 Å². The summed E-state index contributed by atoms with van der Waals surface area (Å²) in [6, 6.07) is 10.7. The molecule has 1 unspecified atom stereocenters. The molecular formula is C15H20ClN5. The second kappa shape index (κ2) is 7.22. The van der Waals surface area contributed by atoms with Gasteiger partial charge in [-0.05, 0) is 36.9 Å². The van der Waals surface area contributed by atoms with Crippen LogP contribution in [0, 0.1) is 0 Å². The van der Waals surface area contributed by atoms with Gasteiger partial charge in [0, 0.05) is 20.1 Å². The van der Waals surface area contributed by atoms with E-state index in [1.807, 2.05) is 20.2 Å². The second-order valence-electron chi connectivity index (χ2n) is 5.19. The first-order chi connectivity index (χ1) is 10.0. The van der Waals surface area contributed by atoms with Gasteiger partial charge in [-0.1, -0.05) is 30.3 Å². The van der Waals surface area contributed by atoms with Crippen LogP contribution >= 0.6 is 11.6 Å². The largest absolute Gasteiger partial charge is 0.352 e. The van der Waals surface area contributed by atoms with Gasteiger partial charge in [0.25, 0.3) is 0 Å². The van der Waals surface area contributed by atoms with Crippen LogP contribution in [0.15, 0.2) is 30.3 Å². The molecule has 6 heteroatoms. The third-order valence-corrected chi connectivity index (χ3v) is 3.25. The highest BCUT2D eigenvalue weighted by atomic mass is 35.5. The quantitative estimate of drug-likeness (QED) is 0.889. The molecule has 0 spiro atoms. The SMILES string of the molecule is CC(CCc1ccccc1)Nc1nc(Cl)nc(N(C)C)n1. The molecule has 1 aromatic carbocycles. The van der Waals surface area contributed by atoms with Gasteiger partial charge in [0.05, 0.1) is 0 Å². The van der Waals surface area contributed by atoms with Crippen molar-refractivity contribution < 1.29 is 0 Å². The molecule has 0 radical (unpaired) electrons. The van der Waals surface area contributed by atoms with Gasteiger partial charge in [0.15, 0.2) is 0 Å². The molecule has 0 saturated heterocycles. The summed E-state index contributed by atoms with van der Waals surface area (Å²) in [7, 11) is 3.74. The Bertz CT molecular complexity index is 574. The predicted molar refractivity (Wildman–Crippen MR) is 87.0 cm³/mol. The Hall–Kier alpha value is -1.88. The summed E-state index contributed by atoms with van der Waals surface area (Å²) in [6.07, 6.45) is 2.00. The van der Waals surface area contributed by atoms with Crippen molar-refractivity contribution in [2.75, 3.05) is 24.3 Å². The van der Waals surface area contributed by atoms with Crippen LogP contribution in [0.5, 0.6) is 0 Å². The van der Waals surface area contributed by atoms with E-state index in [4.69, 9.17) is 11.6 Å². The van der Waals surface area contributed by atoms with Crippen molar-refractivity contribution in [1.82, 2.24) is 15.0 Å². The third kappa shape index (κ3) is 4.86. The van der Waals surface area contributed by atoms with Gasteiger partial charge in [-0.2, -0.15) is 15.0 Å². The fourth-order valence-electron chi connectivity index (χ4n) is 1.92. The zero-order chi connectivity index (χ0) is 15.2. The maximum Gasteiger partial charge on any atom is 0.230 e. The second-order valence-corrected chi connectivity index (χ2v) is 5.53. The molecule has 0 fully saturated rings. The summed E-state index contributed by atoms with van der Waals surface area (Å²) in [6.45, 7) is 2.11. The molecule has 2 aromatic rings. The molecule has 0 aliphatic rings. The highest BCUT2D eigenvalue weighted by Crippen LogP contribution is 2.13. The number of halogens is 1. The van der Waals surface area contributed by atoms with E-state index in [2.05, 4.69) is 51.5 Å². The maximum atomic E-state index is 5.92. The number of aromatic nitrogens is 3. The summed E-state index contributed by atoms with van der Waals surface area (Å²) in [5.74, 6) is 1.06. The molecule has 1 N–H and O–H groups in total.